The summed E-state index contributed by atoms with van der Waals surface area (Å²) in [5.41, 5.74) is 2.62. The van der Waals surface area contributed by atoms with Crippen LogP contribution in [0.5, 0.6) is 0 Å². The Morgan fingerprint density at radius 1 is 1.12 bits per heavy atom. The van der Waals surface area contributed by atoms with Crippen LogP contribution in [0.15, 0.2) is 47.0 Å². The maximum absolute atomic E-state index is 7.82. The molecule has 0 fully saturated rings. The van der Waals surface area contributed by atoms with Crippen molar-refractivity contribution >= 4 is 43.5 Å². The highest BCUT2D eigenvalue weighted by Gasteiger charge is 2.16. The van der Waals surface area contributed by atoms with E-state index >= 15 is 0 Å². The van der Waals surface area contributed by atoms with Gasteiger partial charge in [0.2, 0.25) is 0 Å². The fourth-order valence-electron chi connectivity index (χ4n) is 3.18. The Hall–Kier alpha value is -2.72. The molecule has 5 aromatic rings. The van der Waals surface area contributed by atoms with Gasteiger partial charge >= 0.3 is 0 Å². The number of benzene rings is 2. The largest absolute Gasteiger partial charge is 0.455 e. The third-order valence-electron chi connectivity index (χ3n) is 4.30. The Labute approximate surface area is 157 Å². The summed E-state index contributed by atoms with van der Waals surface area (Å²) in [6.45, 7) is -3.21. The molecular formula is C21H16N2OS. The van der Waals surface area contributed by atoms with Gasteiger partial charge in [0.25, 0.3) is 0 Å². The zero-order chi connectivity index (χ0) is 22.1. The highest BCUT2D eigenvalue weighted by Crippen LogP contribution is 2.40. The normalized spacial score (nSPS) is 16.4. The lowest BCUT2D eigenvalue weighted by atomic mass is 10.0. The molecule has 5 rings (SSSR count). The third kappa shape index (κ3) is 2.11. The predicted octanol–water partition coefficient (Wildman–Crippen LogP) is 6.18. The van der Waals surface area contributed by atoms with Crippen LogP contribution in [0.1, 0.15) is 24.4 Å². The van der Waals surface area contributed by atoms with Gasteiger partial charge < -0.3 is 4.42 Å². The quantitative estimate of drug-likeness (QED) is 0.362. The van der Waals surface area contributed by atoms with Crippen molar-refractivity contribution < 1.29 is 12.6 Å². The molecule has 0 aliphatic heterocycles. The first kappa shape index (κ1) is 9.68. The van der Waals surface area contributed by atoms with Crippen LogP contribution >= 0.6 is 11.3 Å². The number of aromatic nitrogens is 2. The lowest BCUT2D eigenvalue weighted by Crippen LogP contribution is -1.88. The summed E-state index contributed by atoms with van der Waals surface area (Å²) in [4.78, 5) is 8.85. The molecule has 3 nitrogen and oxygen atoms in total. The number of fused-ring (bicyclic) bond motifs is 5. The monoisotopic (exact) mass is 350 g/mol. The highest BCUT2D eigenvalue weighted by molar-refractivity contribution is 7.19. The first-order valence-corrected chi connectivity index (χ1v) is 8.58. The molecule has 4 heteroatoms. The molecular weight excluding hydrogens is 328 g/mol. The SMILES string of the molecule is [2H]C([2H])([2H])c1cnc(-c2cccc3c2oc2ccc4nc(C)sc4c23)cc1C([2H])([2H])[2H]. The molecule has 0 unspecified atom stereocenters. The van der Waals surface area contributed by atoms with Crippen LogP contribution in [0.25, 0.3) is 43.4 Å². The van der Waals surface area contributed by atoms with E-state index in [-0.39, 0.29) is 11.1 Å². The van der Waals surface area contributed by atoms with Crippen molar-refractivity contribution in [1.29, 1.82) is 0 Å². The smallest absolute Gasteiger partial charge is 0.144 e. The fraction of sp³-hybridized carbons (Fsp3) is 0.143. The number of furan rings is 1. The van der Waals surface area contributed by atoms with Crippen molar-refractivity contribution in [1.82, 2.24) is 9.97 Å². The second-order valence-corrected chi connectivity index (χ2v) is 7.12. The Morgan fingerprint density at radius 3 is 2.92 bits per heavy atom. The molecule has 3 heterocycles. The summed E-state index contributed by atoms with van der Waals surface area (Å²) < 4.78 is 53.7. The van der Waals surface area contributed by atoms with Gasteiger partial charge in [0, 0.05) is 30.8 Å². The summed E-state index contributed by atoms with van der Waals surface area (Å²) in [7, 11) is 0. The number of hydrogen-bond acceptors (Lipinski definition) is 4. The van der Waals surface area contributed by atoms with Gasteiger partial charge in [-0.05, 0) is 56.0 Å². The van der Waals surface area contributed by atoms with E-state index in [0.717, 1.165) is 32.2 Å². The minimum Gasteiger partial charge on any atom is -0.455 e. The number of thiazole rings is 1. The van der Waals surface area contributed by atoms with E-state index in [1.54, 1.807) is 17.4 Å². The van der Waals surface area contributed by atoms with Crippen LogP contribution in [0.4, 0.5) is 0 Å². The average Bonchev–Trinajstić information content (AvgIpc) is 3.25. The van der Waals surface area contributed by atoms with Crippen molar-refractivity contribution in [3.63, 3.8) is 0 Å². The molecule has 2 aromatic carbocycles. The molecule has 0 amide bonds. The third-order valence-corrected chi connectivity index (χ3v) is 5.31. The van der Waals surface area contributed by atoms with E-state index in [2.05, 4.69) is 9.97 Å². The van der Waals surface area contributed by atoms with Crippen molar-refractivity contribution in [3.8, 4) is 11.3 Å². The van der Waals surface area contributed by atoms with E-state index in [9.17, 15) is 0 Å². The van der Waals surface area contributed by atoms with E-state index in [4.69, 9.17) is 12.6 Å². The van der Waals surface area contributed by atoms with Gasteiger partial charge in [-0.2, -0.15) is 0 Å². The summed E-state index contributed by atoms with van der Waals surface area (Å²) >= 11 is 1.59. The molecule has 0 radical (unpaired) electrons. The number of aryl methyl sites for hydroxylation is 3. The van der Waals surface area contributed by atoms with Crippen LogP contribution < -0.4 is 0 Å². The molecule has 0 N–H and O–H groups in total. The molecule has 0 aliphatic carbocycles. The fourth-order valence-corrected chi connectivity index (χ4v) is 4.15. The maximum Gasteiger partial charge on any atom is 0.144 e. The summed E-state index contributed by atoms with van der Waals surface area (Å²) in [5.74, 6) is 0. The number of rotatable bonds is 1. The summed E-state index contributed by atoms with van der Waals surface area (Å²) in [5, 5.41) is 2.78. The standard InChI is InChI=1S/C21H16N2OS/c1-11-9-17(22-10-12(11)2)14-5-4-6-15-19-18(24-20(14)15)8-7-16-21(19)25-13(3)23-16/h4-10H,1-3H3/i1D3,2D3. The minimum atomic E-state index is -2.59. The Bertz CT molecular complexity index is 1480. The molecule has 0 saturated heterocycles. The van der Waals surface area contributed by atoms with Gasteiger partial charge in [-0.1, -0.05) is 12.1 Å². The van der Waals surface area contributed by atoms with E-state index in [0.29, 0.717) is 22.4 Å². The molecule has 25 heavy (non-hydrogen) atoms. The van der Waals surface area contributed by atoms with Crippen LogP contribution in [-0.4, -0.2) is 9.97 Å². The Kier molecular flexibility index (Phi) is 1.99. The summed E-state index contributed by atoms with van der Waals surface area (Å²) in [6.07, 6.45) is 1.14. The van der Waals surface area contributed by atoms with Gasteiger partial charge in [-0.25, -0.2) is 4.98 Å². The molecule has 0 bridgehead atoms. The predicted molar refractivity (Wildman–Crippen MR) is 104 cm³/mol. The molecule has 3 aromatic heterocycles. The van der Waals surface area contributed by atoms with Crippen LogP contribution in [-0.2, 0) is 0 Å². The topological polar surface area (TPSA) is 38.9 Å². The van der Waals surface area contributed by atoms with Crippen LogP contribution in [0.3, 0.4) is 0 Å². The van der Waals surface area contributed by atoms with Crippen molar-refractivity contribution in [2.45, 2.75) is 20.6 Å². The van der Waals surface area contributed by atoms with Crippen molar-refractivity contribution in [2.24, 2.45) is 0 Å². The van der Waals surface area contributed by atoms with Crippen LogP contribution in [0, 0.1) is 20.6 Å². The zero-order valence-electron chi connectivity index (χ0n) is 19.3. The first-order chi connectivity index (χ1) is 14.5. The molecule has 0 saturated carbocycles. The lowest BCUT2D eigenvalue weighted by molar-refractivity contribution is 0.670. The van der Waals surface area contributed by atoms with Crippen molar-refractivity contribution in [2.75, 3.05) is 0 Å². The van der Waals surface area contributed by atoms with E-state index < -0.39 is 13.7 Å². The number of para-hydroxylation sites is 1. The second-order valence-electron chi connectivity index (χ2n) is 5.92. The first-order valence-electron chi connectivity index (χ1n) is 10.8. The van der Waals surface area contributed by atoms with E-state index in [1.165, 1.54) is 6.07 Å². The zero-order valence-corrected chi connectivity index (χ0v) is 14.1. The maximum atomic E-state index is 7.82. The Balaban J connectivity index is 1.81. The minimum absolute atomic E-state index is 0.230. The molecule has 122 valence electrons. The van der Waals surface area contributed by atoms with E-state index in [1.807, 2.05) is 31.2 Å². The van der Waals surface area contributed by atoms with Gasteiger partial charge in [-0.3, -0.25) is 4.98 Å². The second kappa shape index (κ2) is 5.14. The Morgan fingerprint density at radius 2 is 2.04 bits per heavy atom. The highest BCUT2D eigenvalue weighted by atomic mass is 32.1. The van der Waals surface area contributed by atoms with Gasteiger partial charge in [0.15, 0.2) is 0 Å². The van der Waals surface area contributed by atoms with Crippen LogP contribution in [0.2, 0.25) is 0 Å². The average molecular weight is 350 g/mol. The number of pyridine rings is 1. The number of hydrogen-bond donors (Lipinski definition) is 0. The van der Waals surface area contributed by atoms with Gasteiger partial charge in [0.05, 0.1) is 20.9 Å². The van der Waals surface area contributed by atoms with Gasteiger partial charge in [-0.15, -0.1) is 11.3 Å². The summed E-state index contributed by atoms with van der Waals surface area (Å²) in [6, 6.07) is 10.7. The van der Waals surface area contributed by atoms with Crippen molar-refractivity contribution in [3.05, 3.63) is 58.7 Å². The molecule has 0 spiro atoms. The number of nitrogens with zero attached hydrogens (tertiary/aromatic N) is 2. The molecule has 0 aliphatic rings. The van der Waals surface area contributed by atoms with Gasteiger partial charge in [0.1, 0.15) is 11.2 Å². The molecule has 0 atom stereocenters. The lowest BCUT2D eigenvalue weighted by Gasteiger charge is -2.05.